The Morgan fingerprint density at radius 2 is 1.95 bits per heavy atom. The number of nitrogens with one attached hydrogen (secondary N) is 1. The van der Waals surface area contributed by atoms with Gasteiger partial charge in [-0.3, -0.25) is 4.68 Å². The van der Waals surface area contributed by atoms with Crippen molar-refractivity contribution >= 4 is 5.97 Å². The molecule has 0 aliphatic rings. The summed E-state index contributed by atoms with van der Waals surface area (Å²) >= 11 is 0. The van der Waals surface area contributed by atoms with E-state index in [0.29, 0.717) is 36.5 Å². The molecule has 0 aliphatic carbocycles. The van der Waals surface area contributed by atoms with E-state index in [9.17, 15) is 4.79 Å². The van der Waals surface area contributed by atoms with Crippen LogP contribution >= 0.6 is 0 Å². The zero-order valence-electron chi connectivity index (χ0n) is 14.1. The Morgan fingerprint density at radius 1 is 1.33 bits per heavy atom. The third-order valence-electron chi connectivity index (χ3n) is 3.94. The van der Waals surface area contributed by atoms with Gasteiger partial charge in [-0.1, -0.05) is 27.7 Å². The van der Waals surface area contributed by atoms with E-state index in [1.807, 2.05) is 14.0 Å². The van der Waals surface area contributed by atoms with Crippen LogP contribution in [0, 0.1) is 17.8 Å². The molecule has 5 heteroatoms. The summed E-state index contributed by atoms with van der Waals surface area (Å²) in [5.74, 6) is 1.58. The summed E-state index contributed by atoms with van der Waals surface area (Å²) in [6.07, 6.45) is 1.58. The van der Waals surface area contributed by atoms with Crippen molar-refractivity contribution in [2.45, 2.75) is 41.2 Å². The van der Waals surface area contributed by atoms with Crippen LogP contribution in [0.25, 0.3) is 0 Å². The quantitative estimate of drug-likeness (QED) is 0.749. The number of aryl methyl sites for hydroxylation is 1. The van der Waals surface area contributed by atoms with E-state index in [2.05, 4.69) is 38.1 Å². The molecule has 0 amide bonds. The number of carbonyl (C=O) groups is 1. The van der Waals surface area contributed by atoms with Gasteiger partial charge in [-0.2, -0.15) is 5.10 Å². The average molecular weight is 295 g/mol. The number of aromatic nitrogens is 2. The van der Waals surface area contributed by atoms with E-state index in [4.69, 9.17) is 4.74 Å². The summed E-state index contributed by atoms with van der Waals surface area (Å²) < 4.78 is 6.80. The molecule has 21 heavy (non-hydrogen) atoms. The van der Waals surface area contributed by atoms with Crippen LogP contribution in [0.3, 0.4) is 0 Å². The summed E-state index contributed by atoms with van der Waals surface area (Å²) in [6, 6.07) is 0. The first-order valence-electron chi connectivity index (χ1n) is 7.77. The standard InChI is InChI=1S/C16H29N3O2/c1-7-21-16(20)14-9-18-19(6)15(14)10-17-8-13(11(2)3)12(4)5/h9,11-13,17H,7-8,10H2,1-6H3. The maximum absolute atomic E-state index is 11.9. The minimum Gasteiger partial charge on any atom is -0.462 e. The number of rotatable bonds is 8. The van der Waals surface area contributed by atoms with Crippen LogP contribution in [0.2, 0.25) is 0 Å². The number of carbonyl (C=O) groups excluding carboxylic acids is 1. The van der Waals surface area contributed by atoms with Crippen LogP contribution in [-0.2, 0) is 18.3 Å². The second-order valence-electron chi connectivity index (χ2n) is 6.13. The van der Waals surface area contributed by atoms with Gasteiger partial charge in [0.05, 0.1) is 18.5 Å². The molecule has 120 valence electrons. The zero-order valence-corrected chi connectivity index (χ0v) is 14.1. The third-order valence-corrected chi connectivity index (χ3v) is 3.94. The lowest BCUT2D eigenvalue weighted by Crippen LogP contribution is -2.30. The maximum Gasteiger partial charge on any atom is 0.341 e. The molecule has 0 spiro atoms. The van der Waals surface area contributed by atoms with Crippen molar-refractivity contribution in [1.82, 2.24) is 15.1 Å². The SMILES string of the molecule is CCOC(=O)c1cnn(C)c1CNCC(C(C)C)C(C)C. The van der Waals surface area contributed by atoms with Crippen molar-refractivity contribution < 1.29 is 9.53 Å². The van der Waals surface area contributed by atoms with Crippen molar-refractivity contribution in [3.63, 3.8) is 0 Å². The van der Waals surface area contributed by atoms with Gasteiger partial charge in [0.15, 0.2) is 0 Å². The van der Waals surface area contributed by atoms with Gasteiger partial charge in [0.1, 0.15) is 5.56 Å². The van der Waals surface area contributed by atoms with Gasteiger partial charge >= 0.3 is 5.97 Å². The number of nitrogens with zero attached hydrogens (tertiary/aromatic N) is 2. The van der Waals surface area contributed by atoms with Gasteiger partial charge in [-0.05, 0) is 31.2 Å². The van der Waals surface area contributed by atoms with Crippen molar-refractivity contribution in [3.05, 3.63) is 17.5 Å². The Labute approximate surface area is 128 Å². The summed E-state index contributed by atoms with van der Waals surface area (Å²) in [6.45, 7) is 12.7. The molecule has 1 heterocycles. The van der Waals surface area contributed by atoms with E-state index in [-0.39, 0.29) is 5.97 Å². The number of ether oxygens (including phenoxy) is 1. The van der Waals surface area contributed by atoms with Crippen LogP contribution in [0.5, 0.6) is 0 Å². The lowest BCUT2D eigenvalue weighted by molar-refractivity contribution is 0.0524. The molecule has 1 N–H and O–H groups in total. The van der Waals surface area contributed by atoms with Crippen molar-refractivity contribution in [1.29, 1.82) is 0 Å². The Morgan fingerprint density at radius 3 is 2.48 bits per heavy atom. The molecule has 0 saturated carbocycles. The van der Waals surface area contributed by atoms with Gasteiger partial charge in [0, 0.05) is 13.6 Å². The fourth-order valence-corrected chi connectivity index (χ4v) is 2.65. The van der Waals surface area contributed by atoms with Crippen LogP contribution in [0.15, 0.2) is 6.20 Å². The minimum atomic E-state index is -0.299. The summed E-state index contributed by atoms with van der Waals surface area (Å²) in [4.78, 5) is 11.9. The van der Waals surface area contributed by atoms with Gasteiger partial charge in [-0.25, -0.2) is 4.79 Å². The van der Waals surface area contributed by atoms with Crippen molar-refractivity contribution in [2.75, 3.05) is 13.2 Å². The highest BCUT2D eigenvalue weighted by Crippen LogP contribution is 2.19. The van der Waals surface area contributed by atoms with Gasteiger partial charge in [0.25, 0.3) is 0 Å². The van der Waals surface area contributed by atoms with Crippen molar-refractivity contribution in [3.8, 4) is 0 Å². The smallest absolute Gasteiger partial charge is 0.341 e. The zero-order chi connectivity index (χ0) is 16.0. The Bertz CT molecular complexity index is 444. The third kappa shape index (κ3) is 4.84. The lowest BCUT2D eigenvalue weighted by atomic mass is 9.85. The van der Waals surface area contributed by atoms with Crippen LogP contribution in [0.4, 0.5) is 0 Å². The summed E-state index contributed by atoms with van der Waals surface area (Å²) in [7, 11) is 1.85. The predicted octanol–water partition coefficient (Wildman–Crippen LogP) is 2.61. The highest BCUT2D eigenvalue weighted by Gasteiger charge is 2.19. The van der Waals surface area contributed by atoms with Crippen LogP contribution in [0.1, 0.15) is 50.7 Å². The van der Waals surface area contributed by atoms with E-state index in [1.54, 1.807) is 10.9 Å². The maximum atomic E-state index is 11.9. The molecule has 1 rings (SSSR count). The van der Waals surface area contributed by atoms with E-state index >= 15 is 0 Å². The molecule has 0 unspecified atom stereocenters. The minimum absolute atomic E-state index is 0.299. The van der Waals surface area contributed by atoms with Gasteiger partial charge in [0.2, 0.25) is 0 Å². The van der Waals surface area contributed by atoms with Gasteiger partial charge in [-0.15, -0.1) is 0 Å². The molecule has 1 aromatic rings. The van der Waals surface area contributed by atoms with Crippen LogP contribution in [-0.4, -0.2) is 28.9 Å². The van der Waals surface area contributed by atoms with E-state index in [1.165, 1.54) is 0 Å². The highest BCUT2D eigenvalue weighted by atomic mass is 16.5. The normalized spacial score (nSPS) is 11.7. The molecular weight excluding hydrogens is 266 g/mol. The number of hydrogen-bond donors (Lipinski definition) is 1. The fourth-order valence-electron chi connectivity index (χ4n) is 2.65. The fraction of sp³-hybridized carbons (Fsp3) is 0.750. The first kappa shape index (κ1) is 17.7. The molecule has 1 aromatic heterocycles. The van der Waals surface area contributed by atoms with Crippen LogP contribution < -0.4 is 5.32 Å². The summed E-state index contributed by atoms with van der Waals surface area (Å²) in [5, 5.41) is 7.62. The van der Waals surface area contributed by atoms with Gasteiger partial charge < -0.3 is 10.1 Å². The molecule has 0 bridgehead atoms. The first-order chi connectivity index (χ1) is 9.88. The average Bonchev–Trinajstić information content (AvgIpc) is 2.75. The van der Waals surface area contributed by atoms with E-state index < -0.39 is 0 Å². The lowest BCUT2D eigenvalue weighted by Gasteiger charge is -2.25. The Balaban J connectivity index is 2.67. The monoisotopic (exact) mass is 295 g/mol. The molecule has 0 aromatic carbocycles. The predicted molar refractivity (Wildman–Crippen MR) is 84.0 cm³/mol. The topological polar surface area (TPSA) is 56.1 Å². The van der Waals surface area contributed by atoms with E-state index in [0.717, 1.165) is 12.2 Å². The second kappa shape index (κ2) is 8.17. The summed E-state index contributed by atoms with van der Waals surface area (Å²) in [5.41, 5.74) is 1.43. The number of esters is 1. The molecule has 0 radical (unpaired) electrons. The highest BCUT2D eigenvalue weighted by molar-refractivity contribution is 5.90. The Hall–Kier alpha value is -1.36. The molecule has 0 fully saturated rings. The second-order valence-corrected chi connectivity index (χ2v) is 6.13. The van der Waals surface area contributed by atoms with Crippen molar-refractivity contribution in [2.24, 2.45) is 24.8 Å². The first-order valence-corrected chi connectivity index (χ1v) is 7.77. The number of hydrogen-bond acceptors (Lipinski definition) is 4. The molecular formula is C16H29N3O2. The largest absolute Gasteiger partial charge is 0.462 e. The molecule has 0 atom stereocenters. The molecule has 0 saturated heterocycles. The Kier molecular flexibility index (Phi) is 6.89. The molecule has 5 nitrogen and oxygen atoms in total. The molecule has 0 aliphatic heterocycles.